The molecule has 0 aromatic heterocycles. The average Bonchev–Trinajstić information content (AvgIpc) is 3.14. The molecule has 0 saturated heterocycles. The first kappa shape index (κ1) is 18.5. The molecule has 2 saturated carbocycles. The van der Waals surface area contributed by atoms with E-state index in [0.717, 1.165) is 16.5 Å². The number of amides is 1. The Balaban J connectivity index is 1.66. The van der Waals surface area contributed by atoms with E-state index in [2.05, 4.69) is 5.32 Å². The fourth-order valence-corrected chi connectivity index (χ4v) is 5.51. The Morgan fingerprint density at radius 2 is 2.12 bits per heavy atom. The van der Waals surface area contributed by atoms with Crippen LogP contribution in [0.5, 0.6) is 0 Å². The van der Waals surface area contributed by atoms with Gasteiger partial charge in [-0.05, 0) is 62.1 Å². The summed E-state index contributed by atoms with van der Waals surface area (Å²) >= 11 is 5.96. The van der Waals surface area contributed by atoms with E-state index in [0.29, 0.717) is 22.5 Å². The minimum atomic E-state index is -3.58. The molecular formula is C18H25ClN2O3S. The Morgan fingerprint density at radius 3 is 2.68 bits per heavy atom. The third-order valence-corrected chi connectivity index (χ3v) is 6.98. The molecule has 3 rings (SSSR count). The molecule has 1 amide bonds. The highest BCUT2D eigenvalue weighted by Crippen LogP contribution is 2.49. The Labute approximate surface area is 154 Å². The molecule has 1 N–H and O–H groups in total. The standard InChI is InChI=1S/C18H25ClN2O3S/c1-12(17-9-13-6-7-14(17)8-13)20-18(22)11-21(25(2,23)24)16-5-3-4-15(19)10-16/h3-5,10,12-14,17H,6-9,11H2,1-2H3,(H,20,22)/t12-,13-,14-,17+/m0/s1. The monoisotopic (exact) mass is 384 g/mol. The van der Waals surface area contributed by atoms with E-state index in [9.17, 15) is 13.2 Å². The zero-order chi connectivity index (χ0) is 18.2. The molecule has 0 radical (unpaired) electrons. The second-order valence-corrected chi connectivity index (χ2v) is 9.79. The van der Waals surface area contributed by atoms with E-state index in [-0.39, 0.29) is 18.5 Å². The lowest BCUT2D eigenvalue weighted by atomic mass is 9.84. The molecule has 2 bridgehead atoms. The second-order valence-electron chi connectivity index (χ2n) is 7.44. The van der Waals surface area contributed by atoms with Gasteiger partial charge >= 0.3 is 0 Å². The maximum Gasteiger partial charge on any atom is 0.240 e. The number of anilines is 1. The largest absolute Gasteiger partial charge is 0.352 e. The van der Waals surface area contributed by atoms with E-state index < -0.39 is 10.0 Å². The van der Waals surface area contributed by atoms with Gasteiger partial charge in [0.15, 0.2) is 0 Å². The Hall–Kier alpha value is -1.27. The van der Waals surface area contributed by atoms with Crippen LogP contribution in [-0.4, -0.2) is 33.2 Å². The highest BCUT2D eigenvalue weighted by molar-refractivity contribution is 7.92. The lowest BCUT2D eigenvalue weighted by Crippen LogP contribution is -2.46. The number of fused-ring (bicyclic) bond motifs is 2. The number of hydrogen-bond donors (Lipinski definition) is 1. The summed E-state index contributed by atoms with van der Waals surface area (Å²) in [5.41, 5.74) is 0.401. The first-order chi connectivity index (χ1) is 11.7. The summed E-state index contributed by atoms with van der Waals surface area (Å²) in [5, 5.41) is 3.45. The smallest absolute Gasteiger partial charge is 0.240 e. The molecule has 7 heteroatoms. The van der Waals surface area contributed by atoms with Crippen LogP contribution in [0.15, 0.2) is 24.3 Å². The summed E-state index contributed by atoms with van der Waals surface area (Å²) in [6, 6.07) is 6.60. The Morgan fingerprint density at radius 1 is 1.36 bits per heavy atom. The number of nitrogens with one attached hydrogen (secondary N) is 1. The molecule has 0 unspecified atom stereocenters. The third-order valence-electron chi connectivity index (χ3n) is 5.61. The van der Waals surface area contributed by atoms with E-state index in [1.165, 1.54) is 25.7 Å². The van der Waals surface area contributed by atoms with Gasteiger partial charge in [-0.1, -0.05) is 24.1 Å². The van der Waals surface area contributed by atoms with Crippen molar-refractivity contribution in [2.75, 3.05) is 17.1 Å². The Kier molecular flexibility index (Phi) is 5.30. The summed E-state index contributed by atoms with van der Waals surface area (Å²) in [5.74, 6) is 1.76. The molecule has 2 fully saturated rings. The number of nitrogens with zero attached hydrogens (tertiary/aromatic N) is 1. The molecule has 2 aliphatic rings. The van der Waals surface area contributed by atoms with Crippen molar-refractivity contribution < 1.29 is 13.2 Å². The summed E-state index contributed by atoms with van der Waals surface area (Å²) in [6.07, 6.45) is 6.13. The highest BCUT2D eigenvalue weighted by Gasteiger charge is 2.42. The summed E-state index contributed by atoms with van der Waals surface area (Å²) in [7, 11) is -3.58. The molecular weight excluding hydrogens is 360 g/mol. The minimum absolute atomic E-state index is 0.0728. The molecule has 0 aliphatic heterocycles. The number of halogens is 1. The predicted octanol–water partition coefficient (Wildman–Crippen LogP) is 3.05. The number of rotatable bonds is 6. The van der Waals surface area contributed by atoms with Gasteiger partial charge in [0.2, 0.25) is 15.9 Å². The quantitative estimate of drug-likeness (QED) is 0.819. The minimum Gasteiger partial charge on any atom is -0.352 e. The van der Waals surface area contributed by atoms with Gasteiger partial charge < -0.3 is 5.32 Å². The summed E-state index contributed by atoms with van der Waals surface area (Å²) in [6.45, 7) is 1.80. The molecule has 0 spiro atoms. The van der Waals surface area contributed by atoms with Crippen molar-refractivity contribution in [1.82, 2.24) is 5.32 Å². The van der Waals surface area contributed by atoms with Crippen LogP contribution in [-0.2, 0) is 14.8 Å². The fraction of sp³-hybridized carbons (Fsp3) is 0.611. The van der Waals surface area contributed by atoms with E-state index in [1.807, 2.05) is 6.92 Å². The SMILES string of the molecule is C[C@H](NC(=O)CN(c1cccc(Cl)c1)S(C)(=O)=O)[C@H]1C[C@H]2CC[C@H]1C2. The number of sulfonamides is 1. The second kappa shape index (κ2) is 7.16. The van der Waals surface area contributed by atoms with Gasteiger partial charge in [0.05, 0.1) is 11.9 Å². The van der Waals surface area contributed by atoms with Gasteiger partial charge in [0.25, 0.3) is 0 Å². The number of carbonyl (C=O) groups excluding carboxylic acids is 1. The normalized spacial score (nSPS) is 26.4. The van der Waals surface area contributed by atoms with Gasteiger partial charge in [-0.25, -0.2) is 8.42 Å². The van der Waals surface area contributed by atoms with Gasteiger partial charge in [0.1, 0.15) is 6.54 Å². The van der Waals surface area contributed by atoms with Crippen LogP contribution in [0.1, 0.15) is 32.6 Å². The summed E-state index contributed by atoms with van der Waals surface area (Å²) < 4.78 is 25.4. The third kappa shape index (κ3) is 4.29. The number of benzene rings is 1. The molecule has 0 heterocycles. The zero-order valence-corrected chi connectivity index (χ0v) is 16.2. The lowest BCUT2D eigenvalue weighted by Gasteiger charge is -2.29. The molecule has 2 aliphatic carbocycles. The molecule has 25 heavy (non-hydrogen) atoms. The van der Waals surface area contributed by atoms with Crippen molar-refractivity contribution in [3.05, 3.63) is 29.3 Å². The van der Waals surface area contributed by atoms with Crippen LogP contribution < -0.4 is 9.62 Å². The van der Waals surface area contributed by atoms with Crippen LogP contribution >= 0.6 is 11.6 Å². The van der Waals surface area contributed by atoms with Crippen LogP contribution in [0.25, 0.3) is 0 Å². The van der Waals surface area contributed by atoms with Gasteiger partial charge in [0, 0.05) is 11.1 Å². The molecule has 1 aromatic carbocycles. The maximum absolute atomic E-state index is 12.5. The van der Waals surface area contributed by atoms with Gasteiger partial charge in [-0.2, -0.15) is 0 Å². The maximum atomic E-state index is 12.5. The van der Waals surface area contributed by atoms with Crippen molar-refractivity contribution in [3.8, 4) is 0 Å². The van der Waals surface area contributed by atoms with Crippen LogP contribution in [0.4, 0.5) is 5.69 Å². The molecule has 5 nitrogen and oxygen atoms in total. The zero-order valence-electron chi connectivity index (χ0n) is 14.6. The number of hydrogen-bond acceptors (Lipinski definition) is 3. The molecule has 1 aromatic rings. The lowest BCUT2D eigenvalue weighted by molar-refractivity contribution is -0.120. The van der Waals surface area contributed by atoms with Crippen LogP contribution in [0.2, 0.25) is 5.02 Å². The van der Waals surface area contributed by atoms with E-state index in [4.69, 9.17) is 11.6 Å². The first-order valence-corrected chi connectivity index (χ1v) is 11.0. The van der Waals surface area contributed by atoms with Crippen LogP contribution in [0, 0.1) is 17.8 Å². The molecule has 4 atom stereocenters. The Bertz CT molecular complexity index is 752. The van der Waals surface area contributed by atoms with Crippen molar-refractivity contribution >= 4 is 33.2 Å². The fourth-order valence-electron chi connectivity index (χ4n) is 4.47. The van der Waals surface area contributed by atoms with Crippen molar-refractivity contribution in [2.45, 2.75) is 38.6 Å². The first-order valence-electron chi connectivity index (χ1n) is 8.76. The van der Waals surface area contributed by atoms with Crippen molar-refractivity contribution in [2.24, 2.45) is 17.8 Å². The molecule has 138 valence electrons. The topological polar surface area (TPSA) is 66.5 Å². The average molecular weight is 385 g/mol. The number of carbonyl (C=O) groups is 1. The predicted molar refractivity (Wildman–Crippen MR) is 100 cm³/mol. The highest BCUT2D eigenvalue weighted by atomic mass is 35.5. The van der Waals surface area contributed by atoms with Gasteiger partial charge in [-0.15, -0.1) is 0 Å². The van der Waals surface area contributed by atoms with E-state index in [1.54, 1.807) is 24.3 Å². The van der Waals surface area contributed by atoms with Crippen molar-refractivity contribution in [1.29, 1.82) is 0 Å². The van der Waals surface area contributed by atoms with Crippen molar-refractivity contribution in [3.63, 3.8) is 0 Å². The van der Waals surface area contributed by atoms with Crippen LogP contribution in [0.3, 0.4) is 0 Å². The summed E-state index contributed by atoms with van der Waals surface area (Å²) in [4.78, 5) is 12.5. The van der Waals surface area contributed by atoms with E-state index >= 15 is 0 Å². The van der Waals surface area contributed by atoms with Gasteiger partial charge in [-0.3, -0.25) is 9.10 Å².